The molecule has 3 rings (SSSR count). The molecule has 7 heteroatoms. The van der Waals surface area contributed by atoms with E-state index in [1.807, 2.05) is 28.3 Å². The van der Waals surface area contributed by atoms with Crippen LogP contribution in [0.5, 0.6) is 0 Å². The fourth-order valence-corrected chi connectivity index (χ4v) is 3.47. The SMILES string of the molecule is Cc1cc(C(=O)NNC(=O)Cc2ccsc2)c(C)n1-c1ccc(F)cc1. The van der Waals surface area contributed by atoms with Crippen molar-refractivity contribution in [1.82, 2.24) is 15.4 Å². The Hall–Kier alpha value is -2.93. The number of carbonyl (C=O) groups excluding carboxylic acids is 2. The number of aromatic nitrogens is 1. The van der Waals surface area contributed by atoms with E-state index in [2.05, 4.69) is 10.9 Å². The van der Waals surface area contributed by atoms with Gasteiger partial charge in [-0.25, -0.2) is 4.39 Å². The minimum absolute atomic E-state index is 0.207. The third-order valence-corrected chi connectivity index (χ3v) is 4.75. The maximum absolute atomic E-state index is 13.1. The van der Waals surface area contributed by atoms with E-state index in [-0.39, 0.29) is 18.1 Å². The van der Waals surface area contributed by atoms with Crippen LogP contribution in [-0.2, 0) is 11.2 Å². The minimum Gasteiger partial charge on any atom is -0.318 e. The number of carbonyl (C=O) groups is 2. The summed E-state index contributed by atoms with van der Waals surface area (Å²) in [6, 6.07) is 9.65. The lowest BCUT2D eigenvalue weighted by atomic mass is 10.2. The molecule has 0 aliphatic heterocycles. The summed E-state index contributed by atoms with van der Waals surface area (Å²) >= 11 is 1.51. The predicted molar refractivity (Wildman–Crippen MR) is 98.8 cm³/mol. The molecule has 2 N–H and O–H groups in total. The number of rotatable bonds is 4. The van der Waals surface area contributed by atoms with Crippen molar-refractivity contribution >= 4 is 23.2 Å². The molecule has 0 aliphatic carbocycles. The summed E-state index contributed by atoms with van der Waals surface area (Å²) in [5.74, 6) is -1.00. The molecule has 0 spiro atoms. The summed E-state index contributed by atoms with van der Waals surface area (Å²) in [6.07, 6.45) is 0.207. The van der Waals surface area contributed by atoms with Gasteiger partial charge < -0.3 is 4.57 Å². The third-order valence-electron chi connectivity index (χ3n) is 4.02. The summed E-state index contributed by atoms with van der Waals surface area (Å²) in [5.41, 5.74) is 8.53. The molecule has 0 saturated carbocycles. The van der Waals surface area contributed by atoms with Gasteiger partial charge in [-0.3, -0.25) is 20.4 Å². The highest BCUT2D eigenvalue weighted by Gasteiger charge is 2.17. The second-order valence-corrected chi connectivity index (χ2v) is 6.69. The number of hydrogen-bond donors (Lipinski definition) is 2. The van der Waals surface area contributed by atoms with E-state index >= 15 is 0 Å². The van der Waals surface area contributed by atoms with Crippen LogP contribution < -0.4 is 10.9 Å². The van der Waals surface area contributed by atoms with Crippen LogP contribution in [-0.4, -0.2) is 16.4 Å². The van der Waals surface area contributed by atoms with Crippen LogP contribution in [0.4, 0.5) is 4.39 Å². The number of benzene rings is 1. The summed E-state index contributed by atoms with van der Waals surface area (Å²) in [4.78, 5) is 24.3. The van der Waals surface area contributed by atoms with Gasteiger partial charge in [0.2, 0.25) is 5.91 Å². The third kappa shape index (κ3) is 3.83. The van der Waals surface area contributed by atoms with Gasteiger partial charge in [0, 0.05) is 17.1 Å². The van der Waals surface area contributed by atoms with Crippen molar-refractivity contribution in [3.63, 3.8) is 0 Å². The second kappa shape index (κ2) is 7.53. The van der Waals surface area contributed by atoms with Gasteiger partial charge in [-0.05, 0) is 66.6 Å². The Morgan fingerprint density at radius 3 is 2.50 bits per heavy atom. The van der Waals surface area contributed by atoms with E-state index in [1.54, 1.807) is 25.1 Å². The Morgan fingerprint density at radius 2 is 1.85 bits per heavy atom. The molecular formula is C19H18FN3O2S. The van der Waals surface area contributed by atoms with Gasteiger partial charge in [0.05, 0.1) is 12.0 Å². The Kier molecular flexibility index (Phi) is 5.18. The number of hydrogen-bond acceptors (Lipinski definition) is 3. The fraction of sp³-hybridized carbons (Fsp3) is 0.158. The number of thiophene rings is 1. The molecular weight excluding hydrogens is 353 g/mol. The van der Waals surface area contributed by atoms with Crippen molar-refractivity contribution in [3.8, 4) is 5.69 Å². The van der Waals surface area contributed by atoms with Crippen molar-refractivity contribution in [1.29, 1.82) is 0 Å². The van der Waals surface area contributed by atoms with Gasteiger partial charge in [-0.15, -0.1) is 0 Å². The number of hydrazine groups is 1. The Bertz CT molecular complexity index is 931. The Morgan fingerprint density at radius 1 is 1.12 bits per heavy atom. The zero-order valence-corrected chi connectivity index (χ0v) is 15.2. The highest BCUT2D eigenvalue weighted by Crippen LogP contribution is 2.21. The van der Waals surface area contributed by atoms with Crippen LogP contribution in [0.1, 0.15) is 27.3 Å². The van der Waals surface area contributed by atoms with Crippen LogP contribution in [0.15, 0.2) is 47.2 Å². The quantitative estimate of drug-likeness (QED) is 0.691. The molecule has 1 aromatic carbocycles. The molecule has 134 valence electrons. The zero-order valence-electron chi connectivity index (χ0n) is 14.4. The van der Waals surface area contributed by atoms with Gasteiger partial charge in [0.15, 0.2) is 0 Å². The number of nitrogens with one attached hydrogen (secondary N) is 2. The van der Waals surface area contributed by atoms with Crippen molar-refractivity contribution in [2.24, 2.45) is 0 Å². The van der Waals surface area contributed by atoms with Crippen LogP contribution in [0, 0.1) is 19.7 Å². The average Bonchev–Trinajstić information content (AvgIpc) is 3.22. The maximum atomic E-state index is 13.1. The molecule has 0 saturated heterocycles. The van der Waals surface area contributed by atoms with Gasteiger partial charge in [0.25, 0.3) is 5.91 Å². The first-order valence-electron chi connectivity index (χ1n) is 8.01. The fourth-order valence-electron chi connectivity index (χ4n) is 2.80. The Labute approximate surface area is 154 Å². The van der Waals surface area contributed by atoms with Crippen molar-refractivity contribution < 1.29 is 14.0 Å². The number of amides is 2. The van der Waals surface area contributed by atoms with Crippen LogP contribution in [0.2, 0.25) is 0 Å². The largest absolute Gasteiger partial charge is 0.318 e. The van der Waals surface area contributed by atoms with Crippen LogP contribution in [0.25, 0.3) is 5.69 Å². The first-order chi connectivity index (χ1) is 12.5. The maximum Gasteiger partial charge on any atom is 0.271 e. The second-order valence-electron chi connectivity index (χ2n) is 5.91. The highest BCUT2D eigenvalue weighted by atomic mass is 32.1. The summed E-state index contributed by atoms with van der Waals surface area (Å²) in [5, 5.41) is 3.78. The predicted octanol–water partition coefficient (Wildman–Crippen LogP) is 3.30. The van der Waals surface area contributed by atoms with Gasteiger partial charge in [-0.1, -0.05) is 0 Å². The van der Waals surface area contributed by atoms with Crippen molar-refractivity contribution in [2.45, 2.75) is 20.3 Å². The van der Waals surface area contributed by atoms with Gasteiger partial charge >= 0.3 is 0 Å². The lowest BCUT2D eigenvalue weighted by Crippen LogP contribution is -2.42. The summed E-state index contributed by atoms with van der Waals surface area (Å²) in [6.45, 7) is 3.67. The number of nitrogens with zero attached hydrogens (tertiary/aromatic N) is 1. The molecule has 0 radical (unpaired) electrons. The van der Waals surface area contributed by atoms with Crippen LogP contribution >= 0.6 is 11.3 Å². The van der Waals surface area contributed by atoms with Gasteiger partial charge in [0.1, 0.15) is 5.82 Å². The topological polar surface area (TPSA) is 63.1 Å². The Balaban J connectivity index is 1.71. The monoisotopic (exact) mass is 371 g/mol. The molecule has 0 bridgehead atoms. The first-order valence-corrected chi connectivity index (χ1v) is 8.95. The molecule has 0 unspecified atom stereocenters. The standard InChI is InChI=1S/C19H18FN3O2S/c1-12-9-17(13(2)23(12)16-5-3-15(20)4-6-16)19(25)22-21-18(24)10-14-7-8-26-11-14/h3-9,11H,10H2,1-2H3,(H,21,24)(H,22,25). The molecule has 3 aromatic rings. The normalized spacial score (nSPS) is 10.6. The average molecular weight is 371 g/mol. The van der Waals surface area contributed by atoms with E-state index in [9.17, 15) is 14.0 Å². The molecule has 2 aromatic heterocycles. The summed E-state index contributed by atoms with van der Waals surface area (Å²) < 4.78 is 15.0. The molecule has 0 fully saturated rings. The first kappa shape index (κ1) is 17.9. The zero-order chi connectivity index (χ0) is 18.7. The number of aryl methyl sites for hydroxylation is 1. The molecule has 5 nitrogen and oxygen atoms in total. The van der Waals surface area contributed by atoms with E-state index in [0.717, 1.165) is 16.9 Å². The van der Waals surface area contributed by atoms with Gasteiger partial charge in [-0.2, -0.15) is 11.3 Å². The molecule has 0 aliphatic rings. The lowest BCUT2D eigenvalue weighted by molar-refractivity contribution is -0.121. The molecule has 0 atom stereocenters. The van der Waals surface area contributed by atoms with E-state index in [4.69, 9.17) is 0 Å². The lowest BCUT2D eigenvalue weighted by Gasteiger charge is -2.10. The number of halogens is 1. The van der Waals surface area contributed by atoms with Crippen molar-refractivity contribution in [2.75, 3.05) is 0 Å². The minimum atomic E-state index is -0.398. The van der Waals surface area contributed by atoms with E-state index in [1.165, 1.54) is 23.5 Å². The summed E-state index contributed by atoms with van der Waals surface area (Å²) in [7, 11) is 0. The highest BCUT2D eigenvalue weighted by molar-refractivity contribution is 7.08. The smallest absolute Gasteiger partial charge is 0.271 e. The van der Waals surface area contributed by atoms with E-state index < -0.39 is 5.91 Å². The van der Waals surface area contributed by atoms with Crippen LogP contribution in [0.3, 0.4) is 0 Å². The van der Waals surface area contributed by atoms with E-state index in [0.29, 0.717) is 11.3 Å². The molecule has 2 heterocycles. The van der Waals surface area contributed by atoms with Crippen molar-refractivity contribution in [3.05, 3.63) is 75.5 Å². The molecule has 2 amide bonds. The molecule has 26 heavy (non-hydrogen) atoms.